The maximum Gasteiger partial charge on any atom is 0.224 e. The molecule has 0 unspecified atom stereocenters. The lowest BCUT2D eigenvalue weighted by atomic mass is 10.1. The fraction of sp³-hybridized carbons (Fsp3) is 0.577. The Kier molecular flexibility index (Phi) is 11.0. The third-order valence-electron chi connectivity index (χ3n) is 5.97. The molecule has 0 saturated carbocycles. The SMILES string of the molecule is CCCCCCN(CCCC(=O)Nc1c(SC)nc(C)nc1N1CCOCC1)c1ccccc1. The van der Waals surface area contributed by atoms with Gasteiger partial charge < -0.3 is 19.9 Å². The smallest absolute Gasteiger partial charge is 0.224 e. The molecule has 0 spiro atoms. The van der Waals surface area contributed by atoms with E-state index in [-0.39, 0.29) is 5.91 Å². The standard InChI is InChI=1S/C26H39N5O2S/c1-4-5-6-10-15-30(22-12-8-7-9-13-22)16-11-14-23(32)29-24-25(31-17-19-33-20-18-31)27-21(2)28-26(24)34-3/h7-9,12-13H,4-6,10-11,14-20H2,1-3H3,(H,29,32). The number of hydrogen-bond donors (Lipinski definition) is 1. The van der Waals surface area contributed by atoms with E-state index in [1.54, 1.807) is 0 Å². The molecule has 1 aliphatic rings. The summed E-state index contributed by atoms with van der Waals surface area (Å²) in [4.78, 5) is 26.8. The Morgan fingerprint density at radius 1 is 1.09 bits per heavy atom. The number of nitrogens with one attached hydrogen (secondary N) is 1. The first-order chi connectivity index (χ1) is 16.6. The van der Waals surface area contributed by atoms with Crippen molar-refractivity contribution in [3.63, 3.8) is 0 Å². The third-order valence-corrected chi connectivity index (χ3v) is 6.65. The quantitative estimate of drug-likeness (QED) is 0.239. The molecule has 2 heterocycles. The number of para-hydroxylation sites is 1. The fourth-order valence-corrected chi connectivity index (χ4v) is 4.73. The number of amides is 1. The zero-order valence-corrected chi connectivity index (χ0v) is 21.7. The first-order valence-electron chi connectivity index (χ1n) is 12.5. The summed E-state index contributed by atoms with van der Waals surface area (Å²) in [6.07, 6.45) is 8.17. The minimum atomic E-state index is 0.0104. The monoisotopic (exact) mass is 485 g/mol. The van der Waals surface area contributed by atoms with Gasteiger partial charge in [0.25, 0.3) is 0 Å². The highest BCUT2D eigenvalue weighted by atomic mass is 32.2. The highest BCUT2D eigenvalue weighted by Gasteiger charge is 2.22. The van der Waals surface area contributed by atoms with Gasteiger partial charge in [-0.05, 0) is 38.2 Å². The van der Waals surface area contributed by atoms with Crippen molar-refractivity contribution in [1.29, 1.82) is 0 Å². The molecular formula is C26H39N5O2S. The molecule has 0 bridgehead atoms. The van der Waals surface area contributed by atoms with Crippen molar-refractivity contribution in [2.45, 2.75) is 57.4 Å². The number of nitrogens with zero attached hydrogens (tertiary/aromatic N) is 4. The van der Waals surface area contributed by atoms with Gasteiger partial charge in [-0.1, -0.05) is 44.4 Å². The molecule has 0 aliphatic carbocycles. The van der Waals surface area contributed by atoms with Gasteiger partial charge in [-0.2, -0.15) is 0 Å². The van der Waals surface area contributed by atoms with Gasteiger partial charge in [-0.25, -0.2) is 9.97 Å². The van der Waals surface area contributed by atoms with Crippen LogP contribution in [0.4, 0.5) is 17.2 Å². The molecule has 1 saturated heterocycles. The molecule has 0 radical (unpaired) electrons. The molecule has 1 aromatic heterocycles. The lowest BCUT2D eigenvalue weighted by Gasteiger charge is -2.30. The van der Waals surface area contributed by atoms with Gasteiger partial charge in [0.1, 0.15) is 16.5 Å². The number of morpholine rings is 1. The number of benzene rings is 1. The average Bonchev–Trinajstić information content (AvgIpc) is 2.87. The second-order valence-electron chi connectivity index (χ2n) is 8.61. The second-order valence-corrected chi connectivity index (χ2v) is 9.41. The summed E-state index contributed by atoms with van der Waals surface area (Å²) in [5.41, 5.74) is 1.95. The largest absolute Gasteiger partial charge is 0.378 e. The summed E-state index contributed by atoms with van der Waals surface area (Å²) in [6.45, 7) is 8.87. The first-order valence-corrected chi connectivity index (χ1v) is 13.7. The van der Waals surface area contributed by atoms with Gasteiger partial charge >= 0.3 is 0 Å². The zero-order valence-electron chi connectivity index (χ0n) is 20.9. The molecule has 1 fully saturated rings. The van der Waals surface area contributed by atoms with Crippen LogP contribution in [-0.2, 0) is 9.53 Å². The van der Waals surface area contributed by atoms with Gasteiger partial charge in [0, 0.05) is 38.3 Å². The molecule has 7 nitrogen and oxygen atoms in total. The lowest BCUT2D eigenvalue weighted by Crippen LogP contribution is -2.37. The molecule has 1 aromatic carbocycles. The number of unbranched alkanes of at least 4 members (excludes halogenated alkanes) is 3. The third kappa shape index (κ3) is 7.87. The number of carbonyl (C=O) groups excluding carboxylic acids is 1. The van der Waals surface area contributed by atoms with E-state index in [1.807, 2.05) is 19.2 Å². The van der Waals surface area contributed by atoms with Crippen LogP contribution in [0.2, 0.25) is 0 Å². The average molecular weight is 486 g/mol. The summed E-state index contributed by atoms with van der Waals surface area (Å²) >= 11 is 1.54. The van der Waals surface area contributed by atoms with Crippen molar-refractivity contribution in [2.75, 3.05) is 60.8 Å². The second kappa shape index (κ2) is 14.2. The van der Waals surface area contributed by atoms with Gasteiger partial charge in [0.2, 0.25) is 5.91 Å². The van der Waals surface area contributed by atoms with Gasteiger partial charge in [-0.3, -0.25) is 4.79 Å². The number of rotatable bonds is 13. The van der Waals surface area contributed by atoms with E-state index >= 15 is 0 Å². The number of carbonyl (C=O) groups is 1. The van der Waals surface area contributed by atoms with Crippen LogP contribution in [0.5, 0.6) is 0 Å². The van der Waals surface area contributed by atoms with E-state index in [2.05, 4.69) is 56.3 Å². The van der Waals surface area contributed by atoms with Crippen LogP contribution in [-0.4, -0.2) is 61.5 Å². The highest BCUT2D eigenvalue weighted by molar-refractivity contribution is 7.98. The molecule has 186 valence electrons. The molecule has 2 aromatic rings. The molecular weight excluding hydrogens is 446 g/mol. The Morgan fingerprint density at radius 3 is 2.53 bits per heavy atom. The zero-order chi connectivity index (χ0) is 24.2. The highest BCUT2D eigenvalue weighted by Crippen LogP contribution is 2.33. The lowest BCUT2D eigenvalue weighted by molar-refractivity contribution is -0.116. The van der Waals surface area contributed by atoms with E-state index in [0.717, 1.165) is 49.1 Å². The molecule has 8 heteroatoms. The summed E-state index contributed by atoms with van der Waals surface area (Å²) in [5.74, 6) is 1.53. The van der Waals surface area contributed by atoms with Crippen molar-refractivity contribution in [1.82, 2.24) is 9.97 Å². The normalized spacial score (nSPS) is 13.7. The maximum atomic E-state index is 13.0. The number of aromatic nitrogens is 2. The Labute approximate surface area is 208 Å². The molecule has 1 amide bonds. The van der Waals surface area contributed by atoms with Crippen molar-refractivity contribution < 1.29 is 9.53 Å². The summed E-state index contributed by atoms with van der Waals surface area (Å²) < 4.78 is 5.50. The van der Waals surface area contributed by atoms with Crippen molar-refractivity contribution >= 4 is 34.9 Å². The number of thioether (sulfide) groups is 1. The van der Waals surface area contributed by atoms with Crippen LogP contribution in [0.3, 0.4) is 0 Å². The topological polar surface area (TPSA) is 70.6 Å². The van der Waals surface area contributed by atoms with Gasteiger partial charge in [0.15, 0.2) is 5.82 Å². The summed E-state index contributed by atoms with van der Waals surface area (Å²) in [6, 6.07) is 10.5. The van der Waals surface area contributed by atoms with Crippen molar-refractivity contribution in [3.05, 3.63) is 36.2 Å². The molecule has 34 heavy (non-hydrogen) atoms. The van der Waals surface area contributed by atoms with Crippen molar-refractivity contribution in [3.8, 4) is 0 Å². The van der Waals surface area contributed by atoms with Crippen LogP contribution >= 0.6 is 11.8 Å². The summed E-state index contributed by atoms with van der Waals surface area (Å²) in [7, 11) is 0. The Bertz CT molecular complexity index is 890. The van der Waals surface area contributed by atoms with E-state index in [4.69, 9.17) is 4.74 Å². The minimum Gasteiger partial charge on any atom is -0.378 e. The van der Waals surface area contributed by atoms with E-state index < -0.39 is 0 Å². The Morgan fingerprint density at radius 2 is 1.82 bits per heavy atom. The summed E-state index contributed by atoms with van der Waals surface area (Å²) in [5, 5.41) is 3.95. The first kappa shape index (κ1) is 26.3. The van der Waals surface area contributed by atoms with Crippen LogP contribution in [0.25, 0.3) is 0 Å². The van der Waals surface area contributed by atoms with Gasteiger partial charge in [-0.15, -0.1) is 11.8 Å². The van der Waals surface area contributed by atoms with Crippen LogP contribution in [0, 0.1) is 6.92 Å². The maximum absolute atomic E-state index is 13.0. The van der Waals surface area contributed by atoms with E-state index in [1.165, 1.54) is 43.1 Å². The Balaban J connectivity index is 1.62. The molecule has 3 rings (SSSR count). The van der Waals surface area contributed by atoms with Gasteiger partial charge in [0.05, 0.1) is 13.2 Å². The predicted octanol–water partition coefficient (Wildman–Crippen LogP) is 5.15. The molecule has 1 aliphatic heterocycles. The minimum absolute atomic E-state index is 0.0104. The number of anilines is 3. The van der Waals surface area contributed by atoms with Crippen molar-refractivity contribution in [2.24, 2.45) is 0 Å². The van der Waals surface area contributed by atoms with E-state index in [0.29, 0.717) is 25.5 Å². The predicted molar refractivity (Wildman–Crippen MR) is 142 cm³/mol. The molecule has 0 atom stereocenters. The van der Waals surface area contributed by atoms with Crippen LogP contribution in [0.15, 0.2) is 35.4 Å². The fourth-order valence-electron chi connectivity index (χ4n) is 4.16. The molecule has 1 N–H and O–H groups in total. The number of ether oxygens (including phenoxy) is 1. The number of aryl methyl sites for hydroxylation is 1. The number of hydrogen-bond acceptors (Lipinski definition) is 7. The Hall–Kier alpha value is -2.32. The van der Waals surface area contributed by atoms with Crippen LogP contribution < -0.4 is 15.1 Å². The van der Waals surface area contributed by atoms with E-state index in [9.17, 15) is 4.79 Å². The van der Waals surface area contributed by atoms with Crippen LogP contribution in [0.1, 0.15) is 51.3 Å².